The van der Waals surface area contributed by atoms with Gasteiger partial charge in [0.25, 0.3) is 11.6 Å². The van der Waals surface area contributed by atoms with E-state index in [2.05, 4.69) is 10.5 Å². The van der Waals surface area contributed by atoms with Crippen molar-refractivity contribution in [3.63, 3.8) is 0 Å². The Labute approximate surface area is 126 Å². The smallest absolute Gasteiger partial charge is 0.273 e. The Morgan fingerprint density at radius 1 is 1.18 bits per heavy atom. The Hall–Kier alpha value is -3.06. The molecule has 0 aliphatic carbocycles. The van der Waals surface area contributed by atoms with Gasteiger partial charge >= 0.3 is 0 Å². The number of nitro benzene ring substituents is 1. The van der Waals surface area contributed by atoms with Crippen LogP contribution in [0.2, 0.25) is 0 Å². The predicted octanol–water partition coefficient (Wildman–Crippen LogP) is 1.78. The number of carbonyl (C=O) groups excluding carboxylic acids is 1. The van der Waals surface area contributed by atoms with Crippen molar-refractivity contribution < 1.29 is 14.8 Å². The molecule has 0 aliphatic heterocycles. The van der Waals surface area contributed by atoms with Crippen LogP contribution in [-0.2, 0) is 4.79 Å². The number of hydrogen-bond donors (Lipinski definition) is 2. The van der Waals surface area contributed by atoms with Crippen molar-refractivity contribution in [1.82, 2.24) is 5.43 Å². The SMILES string of the molecule is O=C(N/N=C/c1ccc([N+](=O)[O-])cc1)C(O)c1ccccc1. The summed E-state index contributed by atoms with van der Waals surface area (Å²) in [4.78, 5) is 21.7. The highest BCUT2D eigenvalue weighted by atomic mass is 16.6. The van der Waals surface area contributed by atoms with Crippen LogP contribution in [0.5, 0.6) is 0 Å². The third-order valence-electron chi connectivity index (χ3n) is 2.86. The van der Waals surface area contributed by atoms with Crippen molar-refractivity contribution in [2.24, 2.45) is 5.10 Å². The molecule has 0 radical (unpaired) electrons. The van der Waals surface area contributed by atoms with E-state index >= 15 is 0 Å². The number of aliphatic hydroxyl groups excluding tert-OH is 1. The molecule has 112 valence electrons. The molecule has 0 fully saturated rings. The Kier molecular flexibility index (Phi) is 4.94. The summed E-state index contributed by atoms with van der Waals surface area (Å²) in [6.07, 6.45) is 0.0227. The van der Waals surface area contributed by atoms with E-state index < -0.39 is 16.9 Å². The first-order valence-electron chi connectivity index (χ1n) is 6.38. The number of hydrogen-bond acceptors (Lipinski definition) is 5. The summed E-state index contributed by atoms with van der Waals surface area (Å²) < 4.78 is 0. The first-order valence-corrected chi connectivity index (χ1v) is 6.38. The molecule has 2 N–H and O–H groups in total. The molecule has 1 amide bonds. The van der Waals surface area contributed by atoms with Crippen molar-refractivity contribution in [2.75, 3.05) is 0 Å². The fraction of sp³-hybridized carbons (Fsp3) is 0.0667. The molecular weight excluding hydrogens is 286 g/mol. The van der Waals surface area contributed by atoms with Crippen LogP contribution in [0.4, 0.5) is 5.69 Å². The van der Waals surface area contributed by atoms with Gasteiger partial charge in [-0.05, 0) is 23.3 Å². The van der Waals surface area contributed by atoms with Crippen molar-refractivity contribution in [3.05, 3.63) is 75.8 Å². The maximum Gasteiger partial charge on any atom is 0.273 e. The van der Waals surface area contributed by atoms with Crippen molar-refractivity contribution in [3.8, 4) is 0 Å². The molecular formula is C15H13N3O4. The number of benzene rings is 2. The zero-order chi connectivity index (χ0) is 15.9. The highest BCUT2D eigenvalue weighted by molar-refractivity contribution is 5.85. The molecule has 0 saturated carbocycles. The Bertz CT molecular complexity index is 684. The number of nitrogens with zero attached hydrogens (tertiary/aromatic N) is 2. The lowest BCUT2D eigenvalue weighted by atomic mass is 10.1. The normalized spacial score (nSPS) is 12.0. The van der Waals surface area contributed by atoms with Gasteiger partial charge in [-0.25, -0.2) is 5.43 Å². The minimum absolute atomic E-state index is 0.0271. The van der Waals surface area contributed by atoms with Crippen LogP contribution in [0.25, 0.3) is 0 Å². The quantitative estimate of drug-likeness (QED) is 0.498. The summed E-state index contributed by atoms with van der Waals surface area (Å²) >= 11 is 0. The highest BCUT2D eigenvalue weighted by Gasteiger charge is 2.15. The average molecular weight is 299 g/mol. The first kappa shape index (κ1) is 15.3. The van der Waals surface area contributed by atoms with E-state index in [1.54, 1.807) is 30.3 Å². The summed E-state index contributed by atoms with van der Waals surface area (Å²) in [6, 6.07) is 14.1. The van der Waals surface area contributed by atoms with E-state index in [9.17, 15) is 20.0 Å². The van der Waals surface area contributed by atoms with Gasteiger partial charge in [0.2, 0.25) is 0 Å². The molecule has 0 spiro atoms. The van der Waals surface area contributed by atoms with Crippen LogP contribution < -0.4 is 5.43 Å². The lowest BCUT2D eigenvalue weighted by molar-refractivity contribution is -0.384. The third kappa shape index (κ3) is 3.97. The van der Waals surface area contributed by atoms with Gasteiger partial charge in [-0.3, -0.25) is 14.9 Å². The van der Waals surface area contributed by atoms with E-state index in [1.807, 2.05) is 0 Å². The van der Waals surface area contributed by atoms with Gasteiger partial charge in [-0.2, -0.15) is 5.10 Å². The van der Waals surface area contributed by atoms with Gasteiger partial charge < -0.3 is 5.11 Å². The number of rotatable bonds is 5. The van der Waals surface area contributed by atoms with Gasteiger partial charge in [0.05, 0.1) is 11.1 Å². The Morgan fingerprint density at radius 2 is 1.82 bits per heavy atom. The second-order valence-electron chi connectivity index (χ2n) is 4.40. The van der Waals surface area contributed by atoms with E-state index in [4.69, 9.17) is 0 Å². The zero-order valence-electron chi connectivity index (χ0n) is 11.4. The second-order valence-corrected chi connectivity index (χ2v) is 4.40. The zero-order valence-corrected chi connectivity index (χ0v) is 11.4. The number of aliphatic hydroxyl groups is 1. The van der Waals surface area contributed by atoms with Gasteiger partial charge in [0.1, 0.15) is 0 Å². The number of nitro groups is 1. The first-order chi connectivity index (χ1) is 10.6. The molecule has 1 unspecified atom stereocenters. The lowest BCUT2D eigenvalue weighted by Crippen LogP contribution is -2.25. The van der Waals surface area contributed by atoms with E-state index in [0.717, 1.165) is 0 Å². The second kappa shape index (κ2) is 7.09. The van der Waals surface area contributed by atoms with Gasteiger partial charge in [0.15, 0.2) is 6.10 Å². The van der Waals surface area contributed by atoms with Crippen LogP contribution >= 0.6 is 0 Å². The molecule has 2 aromatic rings. The molecule has 1 atom stereocenters. The molecule has 7 heteroatoms. The molecule has 0 aromatic heterocycles. The van der Waals surface area contributed by atoms with Gasteiger partial charge in [-0.15, -0.1) is 0 Å². The highest BCUT2D eigenvalue weighted by Crippen LogP contribution is 2.12. The van der Waals surface area contributed by atoms with E-state index in [0.29, 0.717) is 11.1 Å². The van der Waals surface area contributed by atoms with E-state index in [1.165, 1.54) is 30.5 Å². The maximum atomic E-state index is 11.7. The molecule has 2 rings (SSSR count). The summed E-state index contributed by atoms with van der Waals surface area (Å²) in [5.74, 6) is -0.663. The number of amides is 1. The predicted molar refractivity (Wildman–Crippen MR) is 80.2 cm³/mol. The van der Waals surface area contributed by atoms with Gasteiger partial charge in [0, 0.05) is 12.1 Å². The summed E-state index contributed by atoms with van der Waals surface area (Å²) in [5, 5.41) is 24.0. The number of hydrazone groups is 1. The summed E-state index contributed by atoms with van der Waals surface area (Å²) in [7, 11) is 0. The number of carbonyl (C=O) groups is 1. The Balaban J connectivity index is 1.94. The van der Waals surface area contributed by atoms with Crippen molar-refractivity contribution >= 4 is 17.8 Å². The maximum absolute atomic E-state index is 11.7. The molecule has 22 heavy (non-hydrogen) atoms. The lowest BCUT2D eigenvalue weighted by Gasteiger charge is -2.08. The topological polar surface area (TPSA) is 105 Å². The molecule has 0 aliphatic rings. The minimum Gasteiger partial charge on any atom is -0.378 e. The standard InChI is InChI=1S/C15H13N3O4/c19-14(12-4-2-1-3-5-12)15(20)17-16-10-11-6-8-13(9-7-11)18(21)22/h1-10,14,19H,(H,17,20)/b16-10+. The molecule has 2 aromatic carbocycles. The molecule has 0 heterocycles. The van der Waals surface area contributed by atoms with Gasteiger partial charge in [-0.1, -0.05) is 30.3 Å². The molecule has 0 bridgehead atoms. The fourth-order valence-electron chi connectivity index (χ4n) is 1.70. The van der Waals surface area contributed by atoms with Crippen LogP contribution in [0, 0.1) is 10.1 Å². The van der Waals surface area contributed by atoms with Crippen molar-refractivity contribution in [2.45, 2.75) is 6.10 Å². The average Bonchev–Trinajstić information content (AvgIpc) is 2.55. The number of non-ortho nitro benzene ring substituents is 1. The van der Waals surface area contributed by atoms with Crippen LogP contribution in [0.15, 0.2) is 59.7 Å². The van der Waals surface area contributed by atoms with Crippen molar-refractivity contribution in [1.29, 1.82) is 0 Å². The summed E-state index contributed by atoms with van der Waals surface area (Å²) in [6.45, 7) is 0. The molecule has 7 nitrogen and oxygen atoms in total. The van der Waals surface area contributed by atoms with Crippen LogP contribution in [0.1, 0.15) is 17.2 Å². The molecule has 0 saturated heterocycles. The third-order valence-corrected chi connectivity index (χ3v) is 2.86. The fourth-order valence-corrected chi connectivity index (χ4v) is 1.70. The largest absolute Gasteiger partial charge is 0.378 e. The summed E-state index contributed by atoms with van der Waals surface area (Å²) in [5.41, 5.74) is 3.23. The minimum atomic E-state index is -1.31. The number of nitrogens with one attached hydrogen (secondary N) is 1. The van der Waals surface area contributed by atoms with Crippen LogP contribution in [0.3, 0.4) is 0 Å². The van der Waals surface area contributed by atoms with Crippen LogP contribution in [-0.4, -0.2) is 22.2 Å². The Morgan fingerprint density at radius 3 is 2.41 bits per heavy atom. The van der Waals surface area contributed by atoms with E-state index in [-0.39, 0.29) is 5.69 Å². The monoisotopic (exact) mass is 299 g/mol.